The molecule has 1 atom stereocenters. The number of hydrogen-bond donors (Lipinski definition) is 1. The fourth-order valence-corrected chi connectivity index (χ4v) is 3.43. The van der Waals surface area contributed by atoms with Gasteiger partial charge >= 0.3 is 0 Å². The Balaban J connectivity index is 1.74. The molecule has 0 heterocycles. The molecule has 25 heavy (non-hydrogen) atoms. The Morgan fingerprint density at radius 2 is 1.92 bits per heavy atom. The van der Waals surface area contributed by atoms with Crippen molar-refractivity contribution in [1.29, 1.82) is 0 Å². The van der Waals surface area contributed by atoms with Crippen molar-refractivity contribution in [2.24, 2.45) is 0 Å². The molecule has 0 fully saturated rings. The molecule has 0 aliphatic heterocycles. The van der Waals surface area contributed by atoms with Gasteiger partial charge in [-0.25, -0.2) is 0 Å². The molecule has 0 aliphatic rings. The minimum atomic E-state index is -0.142. The average molecular weight is 378 g/mol. The summed E-state index contributed by atoms with van der Waals surface area (Å²) in [5, 5.41) is 3.57. The minimum Gasteiger partial charge on any atom is -0.494 e. The van der Waals surface area contributed by atoms with Crippen LogP contribution >= 0.6 is 23.4 Å². The van der Waals surface area contributed by atoms with E-state index in [1.54, 1.807) is 0 Å². The first-order valence-electron chi connectivity index (χ1n) is 8.50. The van der Waals surface area contributed by atoms with E-state index in [-0.39, 0.29) is 11.2 Å². The summed E-state index contributed by atoms with van der Waals surface area (Å²) in [6.45, 7) is 5.22. The van der Waals surface area contributed by atoms with Gasteiger partial charge in [0.2, 0.25) is 5.91 Å². The number of ether oxygens (including phenoxy) is 1. The molecule has 0 aromatic heterocycles. The zero-order chi connectivity index (χ0) is 18.1. The van der Waals surface area contributed by atoms with Crippen LogP contribution in [0, 0.1) is 0 Å². The Morgan fingerprint density at radius 3 is 2.64 bits per heavy atom. The van der Waals surface area contributed by atoms with E-state index in [0.717, 1.165) is 23.5 Å². The third-order valence-corrected chi connectivity index (χ3v) is 5.05. The van der Waals surface area contributed by atoms with Crippen molar-refractivity contribution in [1.82, 2.24) is 5.32 Å². The average Bonchev–Trinajstić information content (AvgIpc) is 2.62. The van der Waals surface area contributed by atoms with Crippen molar-refractivity contribution in [2.75, 3.05) is 13.2 Å². The largest absolute Gasteiger partial charge is 0.494 e. The lowest BCUT2D eigenvalue weighted by atomic mass is 10.1. The van der Waals surface area contributed by atoms with E-state index in [4.69, 9.17) is 16.3 Å². The van der Waals surface area contributed by atoms with E-state index in [9.17, 15) is 4.79 Å². The van der Waals surface area contributed by atoms with Crippen LogP contribution in [0.1, 0.15) is 25.8 Å². The number of halogens is 1. The zero-order valence-electron chi connectivity index (χ0n) is 14.6. The van der Waals surface area contributed by atoms with Gasteiger partial charge < -0.3 is 10.1 Å². The highest BCUT2D eigenvalue weighted by atomic mass is 35.5. The number of hydrogen-bond acceptors (Lipinski definition) is 3. The Hall–Kier alpha value is -1.65. The van der Waals surface area contributed by atoms with E-state index < -0.39 is 0 Å². The lowest BCUT2D eigenvalue weighted by molar-refractivity contribution is -0.120. The van der Waals surface area contributed by atoms with Gasteiger partial charge in [0.1, 0.15) is 5.75 Å². The van der Waals surface area contributed by atoms with Crippen molar-refractivity contribution >= 4 is 29.3 Å². The molecule has 0 spiro atoms. The number of rotatable bonds is 9. The summed E-state index contributed by atoms with van der Waals surface area (Å²) in [4.78, 5) is 13.3. The maximum absolute atomic E-state index is 12.2. The molecule has 0 saturated heterocycles. The lowest BCUT2D eigenvalue weighted by Crippen LogP contribution is -2.31. The fraction of sp³-hybridized carbons (Fsp3) is 0.350. The highest BCUT2D eigenvalue weighted by Gasteiger charge is 2.13. The van der Waals surface area contributed by atoms with Crippen LogP contribution in [0.25, 0.3) is 0 Å². The van der Waals surface area contributed by atoms with E-state index in [1.165, 1.54) is 17.3 Å². The van der Waals surface area contributed by atoms with Gasteiger partial charge in [0.15, 0.2) is 0 Å². The number of carbonyl (C=O) groups is 1. The van der Waals surface area contributed by atoms with Crippen LogP contribution < -0.4 is 10.1 Å². The second kappa shape index (κ2) is 10.4. The number of aryl methyl sites for hydroxylation is 1. The molecule has 0 saturated carbocycles. The molecular formula is C20H24ClNO2S. The van der Waals surface area contributed by atoms with Gasteiger partial charge in [-0.05, 0) is 62.6 Å². The Kier molecular flexibility index (Phi) is 8.16. The predicted molar refractivity (Wildman–Crippen MR) is 106 cm³/mol. The standard InChI is InChI=1S/C20H24ClNO2S/c1-3-24-19-9-5-4-7-16(19)8-6-14-22-20(23)15(2)25-18-12-10-17(21)11-13-18/h4-5,7,9-13,15H,3,6,8,14H2,1-2H3,(H,22,23). The van der Waals surface area contributed by atoms with Crippen molar-refractivity contribution < 1.29 is 9.53 Å². The van der Waals surface area contributed by atoms with Gasteiger partial charge in [0.05, 0.1) is 11.9 Å². The van der Waals surface area contributed by atoms with Crippen molar-refractivity contribution in [3.8, 4) is 5.75 Å². The molecule has 2 aromatic carbocycles. The van der Waals surface area contributed by atoms with Gasteiger partial charge in [0, 0.05) is 16.5 Å². The highest BCUT2D eigenvalue weighted by Crippen LogP contribution is 2.24. The number of thioether (sulfide) groups is 1. The predicted octanol–water partition coefficient (Wildman–Crippen LogP) is 4.97. The van der Waals surface area contributed by atoms with E-state index >= 15 is 0 Å². The third kappa shape index (κ3) is 6.63. The summed E-state index contributed by atoms with van der Waals surface area (Å²) in [5.41, 5.74) is 1.18. The maximum Gasteiger partial charge on any atom is 0.233 e. The number of amides is 1. The molecule has 1 unspecified atom stereocenters. The van der Waals surface area contributed by atoms with Gasteiger partial charge in [-0.3, -0.25) is 4.79 Å². The Bertz CT molecular complexity index is 676. The second-order valence-corrected chi connectivity index (χ2v) is 7.50. The van der Waals surface area contributed by atoms with Crippen molar-refractivity contribution in [3.63, 3.8) is 0 Å². The summed E-state index contributed by atoms with van der Waals surface area (Å²) in [5.74, 6) is 0.987. The second-order valence-electron chi connectivity index (χ2n) is 5.65. The number of carbonyl (C=O) groups excluding carboxylic acids is 1. The molecule has 0 aliphatic carbocycles. The van der Waals surface area contributed by atoms with Gasteiger partial charge in [-0.1, -0.05) is 29.8 Å². The minimum absolute atomic E-state index is 0.0537. The normalized spacial score (nSPS) is 11.8. The van der Waals surface area contributed by atoms with Crippen molar-refractivity contribution in [2.45, 2.75) is 36.8 Å². The van der Waals surface area contributed by atoms with Crippen LogP contribution in [0.15, 0.2) is 53.4 Å². The summed E-state index contributed by atoms with van der Waals surface area (Å²) in [7, 11) is 0. The van der Waals surface area contributed by atoms with Crippen LogP contribution in [-0.2, 0) is 11.2 Å². The monoisotopic (exact) mass is 377 g/mol. The molecular weight excluding hydrogens is 354 g/mol. The first-order chi connectivity index (χ1) is 12.1. The summed E-state index contributed by atoms with van der Waals surface area (Å²) in [6.07, 6.45) is 1.77. The molecule has 3 nitrogen and oxygen atoms in total. The Labute approximate surface area is 159 Å². The number of para-hydroxylation sites is 1. The smallest absolute Gasteiger partial charge is 0.233 e. The molecule has 1 amide bonds. The SMILES string of the molecule is CCOc1ccccc1CCCNC(=O)C(C)Sc1ccc(Cl)cc1. The molecule has 0 bridgehead atoms. The highest BCUT2D eigenvalue weighted by molar-refractivity contribution is 8.00. The van der Waals surface area contributed by atoms with Crippen molar-refractivity contribution in [3.05, 3.63) is 59.1 Å². The van der Waals surface area contributed by atoms with Crippen LogP contribution in [0.5, 0.6) is 5.75 Å². The molecule has 2 aromatic rings. The van der Waals surface area contributed by atoms with E-state index in [0.29, 0.717) is 18.2 Å². The molecule has 5 heteroatoms. The van der Waals surface area contributed by atoms with E-state index in [1.807, 2.05) is 56.3 Å². The first-order valence-corrected chi connectivity index (χ1v) is 9.76. The van der Waals surface area contributed by atoms with Gasteiger partial charge in [-0.2, -0.15) is 0 Å². The quantitative estimate of drug-likeness (QED) is 0.495. The zero-order valence-corrected chi connectivity index (χ0v) is 16.2. The van der Waals surface area contributed by atoms with Gasteiger partial charge in [-0.15, -0.1) is 11.8 Å². The summed E-state index contributed by atoms with van der Waals surface area (Å²) in [6, 6.07) is 15.6. The van der Waals surface area contributed by atoms with Crippen LogP contribution in [-0.4, -0.2) is 24.3 Å². The first kappa shape index (κ1) is 19.7. The molecule has 1 N–H and O–H groups in total. The molecule has 0 radical (unpaired) electrons. The number of benzene rings is 2. The lowest BCUT2D eigenvalue weighted by Gasteiger charge is -2.13. The fourth-order valence-electron chi connectivity index (χ4n) is 2.41. The van der Waals surface area contributed by atoms with Crippen LogP contribution in [0.2, 0.25) is 5.02 Å². The summed E-state index contributed by atoms with van der Waals surface area (Å²) >= 11 is 7.41. The maximum atomic E-state index is 12.2. The Morgan fingerprint density at radius 1 is 1.20 bits per heavy atom. The third-order valence-electron chi connectivity index (χ3n) is 3.69. The van der Waals surface area contributed by atoms with Gasteiger partial charge in [0.25, 0.3) is 0 Å². The van der Waals surface area contributed by atoms with E-state index in [2.05, 4.69) is 11.4 Å². The topological polar surface area (TPSA) is 38.3 Å². The molecule has 2 rings (SSSR count). The van der Waals surface area contributed by atoms with Crippen LogP contribution in [0.4, 0.5) is 0 Å². The number of nitrogens with one attached hydrogen (secondary N) is 1. The summed E-state index contributed by atoms with van der Waals surface area (Å²) < 4.78 is 5.63. The van der Waals surface area contributed by atoms with Crippen LogP contribution in [0.3, 0.4) is 0 Å². The molecule has 134 valence electrons.